The second-order valence-electron chi connectivity index (χ2n) is 5.94. The van der Waals surface area contributed by atoms with Crippen LogP contribution in [-0.4, -0.2) is 14.2 Å². The maximum atomic E-state index is 5.29. The topological polar surface area (TPSA) is 18.5 Å². The van der Waals surface area contributed by atoms with Crippen LogP contribution in [0.2, 0.25) is 0 Å². The number of hydrogen-bond donors (Lipinski definition) is 0. The molecule has 0 saturated carbocycles. The van der Waals surface area contributed by atoms with Crippen LogP contribution < -0.4 is 9.47 Å². The average molecular weight is 409 g/mol. The Labute approximate surface area is 163 Å². The van der Waals surface area contributed by atoms with Crippen LogP contribution >= 0.6 is 15.9 Å². The zero-order chi connectivity index (χ0) is 18.4. The normalized spacial score (nSPS) is 11.3. The van der Waals surface area contributed by atoms with E-state index in [2.05, 4.69) is 64.5 Å². The lowest BCUT2D eigenvalue weighted by molar-refractivity contribution is 0.414. The van der Waals surface area contributed by atoms with Gasteiger partial charge in [0.25, 0.3) is 0 Å². The van der Waals surface area contributed by atoms with Gasteiger partial charge in [0.15, 0.2) is 0 Å². The molecule has 0 heterocycles. The fraction of sp³-hybridized carbons (Fsp3) is 0.130. The number of benzene rings is 3. The number of rotatable bonds is 6. The van der Waals surface area contributed by atoms with Crippen LogP contribution in [-0.2, 0) is 6.42 Å². The van der Waals surface area contributed by atoms with Gasteiger partial charge in [-0.05, 0) is 65.1 Å². The summed E-state index contributed by atoms with van der Waals surface area (Å²) in [4.78, 5) is 0. The molecular formula is C23H21BrO2. The molecule has 3 rings (SSSR count). The minimum atomic E-state index is 0.831. The molecule has 132 valence electrons. The maximum Gasteiger partial charge on any atom is 0.118 e. The molecule has 26 heavy (non-hydrogen) atoms. The molecule has 3 aromatic rings. The lowest BCUT2D eigenvalue weighted by Crippen LogP contribution is -1.93. The summed E-state index contributed by atoms with van der Waals surface area (Å²) in [6.45, 7) is 0. The van der Waals surface area contributed by atoms with Crippen molar-refractivity contribution in [3.8, 4) is 11.5 Å². The Kier molecular flexibility index (Phi) is 6.13. The van der Waals surface area contributed by atoms with E-state index in [1.165, 1.54) is 16.7 Å². The third-order valence-corrected chi connectivity index (χ3v) is 4.97. The van der Waals surface area contributed by atoms with Crippen molar-refractivity contribution in [3.63, 3.8) is 0 Å². The highest BCUT2D eigenvalue weighted by Gasteiger charge is 2.07. The van der Waals surface area contributed by atoms with Crippen LogP contribution in [0.25, 0.3) is 11.6 Å². The zero-order valence-corrected chi connectivity index (χ0v) is 16.5. The summed E-state index contributed by atoms with van der Waals surface area (Å²) < 4.78 is 11.6. The van der Waals surface area contributed by atoms with Crippen molar-refractivity contribution < 1.29 is 9.47 Å². The summed E-state index contributed by atoms with van der Waals surface area (Å²) in [6.07, 6.45) is 3.06. The average Bonchev–Trinajstić information content (AvgIpc) is 2.70. The van der Waals surface area contributed by atoms with Gasteiger partial charge in [-0.25, -0.2) is 0 Å². The molecule has 0 bridgehead atoms. The molecule has 0 aromatic heterocycles. The molecule has 2 nitrogen and oxygen atoms in total. The van der Waals surface area contributed by atoms with Gasteiger partial charge in [-0.3, -0.25) is 0 Å². The Morgan fingerprint density at radius 1 is 0.808 bits per heavy atom. The van der Waals surface area contributed by atoms with E-state index in [0.717, 1.165) is 28.0 Å². The molecule has 0 atom stereocenters. The van der Waals surface area contributed by atoms with Crippen LogP contribution in [0.4, 0.5) is 0 Å². The van der Waals surface area contributed by atoms with Crippen molar-refractivity contribution in [2.75, 3.05) is 14.2 Å². The van der Waals surface area contributed by atoms with Crippen LogP contribution in [0.1, 0.15) is 16.7 Å². The predicted octanol–water partition coefficient (Wildman–Crippen LogP) is 6.25. The third kappa shape index (κ3) is 4.55. The minimum Gasteiger partial charge on any atom is -0.497 e. The van der Waals surface area contributed by atoms with Gasteiger partial charge in [0, 0.05) is 4.47 Å². The predicted molar refractivity (Wildman–Crippen MR) is 112 cm³/mol. The van der Waals surface area contributed by atoms with Crippen molar-refractivity contribution in [2.45, 2.75) is 6.42 Å². The fourth-order valence-corrected chi connectivity index (χ4v) is 3.18. The van der Waals surface area contributed by atoms with Gasteiger partial charge in [-0.2, -0.15) is 0 Å². The summed E-state index contributed by atoms with van der Waals surface area (Å²) in [5, 5.41) is 0. The Hall–Kier alpha value is -2.52. The summed E-state index contributed by atoms with van der Waals surface area (Å²) >= 11 is 3.64. The van der Waals surface area contributed by atoms with E-state index in [-0.39, 0.29) is 0 Å². The molecule has 0 fully saturated rings. The first kappa shape index (κ1) is 18.3. The van der Waals surface area contributed by atoms with E-state index >= 15 is 0 Å². The third-order valence-electron chi connectivity index (χ3n) is 4.25. The summed E-state index contributed by atoms with van der Waals surface area (Å²) in [5.74, 6) is 1.73. The van der Waals surface area contributed by atoms with Crippen LogP contribution in [0.5, 0.6) is 11.5 Å². The highest BCUT2D eigenvalue weighted by atomic mass is 79.9. The molecule has 0 N–H and O–H groups in total. The highest BCUT2D eigenvalue weighted by molar-refractivity contribution is 9.10. The number of hydrogen-bond acceptors (Lipinski definition) is 2. The standard InChI is InChI=1S/C23H21BrO2/c1-25-21-11-7-17(8-12-21)15-20(16-19-5-3-4-6-23(19)24)18-9-13-22(26-2)14-10-18/h3-14,16H,15H2,1-2H3/b20-16+. The van der Waals surface area contributed by atoms with Gasteiger partial charge in [0.05, 0.1) is 14.2 Å². The smallest absolute Gasteiger partial charge is 0.118 e. The van der Waals surface area contributed by atoms with Gasteiger partial charge in [0.2, 0.25) is 0 Å². The second-order valence-corrected chi connectivity index (χ2v) is 6.80. The molecule has 0 aliphatic heterocycles. The Balaban J connectivity index is 1.98. The van der Waals surface area contributed by atoms with Gasteiger partial charge in [0.1, 0.15) is 11.5 Å². The monoisotopic (exact) mass is 408 g/mol. The lowest BCUT2D eigenvalue weighted by atomic mass is 9.96. The maximum absolute atomic E-state index is 5.29. The molecule has 0 spiro atoms. The van der Waals surface area contributed by atoms with E-state index in [4.69, 9.17) is 9.47 Å². The molecule has 0 amide bonds. The molecule has 0 radical (unpaired) electrons. The number of halogens is 1. The molecular weight excluding hydrogens is 388 g/mol. The Morgan fingerprint density at radius 2 is 1.38 bits per heavy atom. The van der Waals surface area contributed by atoms with E-state index < -0.39 is 0 Å². The van der Waals surface area contributed by atoms with Gasteiger partial charge < -0.3 is 9.47 Å². The number of methoxy groups -OCH3 is 2. The van der Waals surface area contributed by atoms with Crippen molar-refractivity contribution in [3.05, 3.63) is 94.0 Å². The molecule has 3 aromatic carbocycles. The van der Waals surface area contributed by atoms with Gasteiger partial charge in [-0.15, -0.1) is 0 Å². The minimum absolute atomic E-state index is 0.831. The summed E-state index contributed by atoms with van der Waals surface area (Å²) in [6, 6.07) is 24.7. The zero-order valence-electron chi connectivity index (χ0n) is 14.9. The summed E-state index contributed by atoms with van der Waals surface area (Å²) in [5.41, 5.74) is 4.81. The molecule has 0 aliphatic rings. The highest BCUT2D eigenvalue weighted by Crippen LogP contribution is 2.28. The number of allylic oxidation sites excluding steroid dienone is 1. The van der Waals surface area contributed by atoms with E-state index in [1.807, 2.05) is 30.3 Å². The SMILES string of the molecule is COc1ccc(C/C(=C\c2ccccc2Br)c2ccc(OC)cc2)cc1. The first-order valence-electron chi connectivity index (χ1n) is 8.42. The Bertz CT molecular complexity index is 881. The molecule has 0 unspecified atom stereocenters. The molecule has 0 aliphatic carbocycles. The van der Waals surface area contributed by atoms with Crippen molar-refractivity contribution >= 4 is 27.6 Å². The first-order valence-corrected chi connectivity index (χ1v) is 9.21. The van der Waals surface area contributed by atoms with Gasteiger partial charge in [-0.1, -0.05) is 58.4 Å². The molecule has 0 saturated heterocycles. The van der Waals surface area contributed by atoms with E-state index in [0.29, 0.717) is 0 Å². The second kappa shape index (κ2) is 8.72. The lowest BCUT2D eigenvalue weighted by Gasteiger charge is -2.11. The van der Waals surface area contributed by atoms with E-state index in [9.17, 15) is 0 Å². The molecule has 3 heteroatoms. The van der Waals surface area contributed by atoms with Crippen molar-refractivity contribution in [2.24, 2.45) is 0 Å². The largest absolute Gasteiger partial charge is 0.497 e. The fourth-order valence-electron chi connectivity index (χ4n) is 2.78. The van der Waals surface area contributed by atoms with Crippen molar-refractivity contribution in [1.29, 1.82) is 0 Å². The van der Waals surface area contributed by atoms with Gasteiger partial charge >= 0.3 is 0 Å². The first-order chi connectivity index (χ1) is 12.7. The van der Waals surface area contributed by atoms with Crippen LogP contribution in [0.3, 0.4) is 0 Å². The van der Waals surface area contributed by atoms with Crippen LogP contribution in [0, 0.1) is 0 Å². The van der Waals surface area contributed by atoms with E-state index in [1.54, 1.807) is 14.2 Å². The Morgan fingerprint density at radius 3 is 1.96 bits per heavy atom. The summed E-state index contributed by atoms with van der Waals surface area (Å²) in [7, 11) is 3.37. The van der Waals surface area contributed by atoms with Crippen molar-refractivity contribution in [1.82, 2.24) is 0 Å². The van der Waals surface area contributed by atoms with Crippen LogP contribution in [0.15, 0.2) is 77.3 Å². The number of ether oxygens (including phenoxy) is 2. The quantitative estimate of drug-likeness (QED) is 0.448.